The molecule has 4 fully saturated rings. The SMILES string of the molecule is CC(=O)C[C@@H]1[C@H]2C(=O)C[C@@H]3[C@H](CC[C@]4(C)[C@@H]([C@H](C)CCCC(C)C)CC[C@@H]34)[C@@]2(C)CC[C@@H]1O. The van der Waals surface area contributed by atoms with Crippen LogP contribution in [0.25, 0.3) is 0 Å². The average Bonchev–Trinajstić information content (AvgIpc) is 3.07. The van der Waals surface area contributed by atoms with Crippen molar-refractivity contribution in [3.05, 3.63) is 0 Å². The number of carbonyl (C=O) groups is 2. The predicted molar refractivity (Wildman–Crippen MR) is 134 cm³/mol. The lowest BCUT2D eigenvalue weighted by Crippen LogP contribution is -2.60. The van der Waals surface area contributed by atoms with Crippen molar-refractivity contribution in [2.24, 2.45) is 58.2 Å². The maximum absolute atomic E-state index is 13.7. The first-order chi connectivity index (χ1) is 15.5. The first kappa shape index (κ1) is 25.4. The summed E-state index contributed by atoms with van der Waals surface area (Å²) in [5.74, 6) is 4.33. The summed E-state index contributed by atoms with van der Waals surface area (Å²) < 4.78 is 0. The van der Waals surface area contributed by atoms with Crippen LogP contribution in [0.4, 0.5) is 0 Å². The fourth-order valence-corrected chi connectivity index (χ4v) is 9.92. The number of Topliss-reactive ketones (excluding diaryl/α,β-unsaturated/α-hetero) is 2. The van der Waals surface area contributed by atoms with E-state index in [-0.39, 0.29) is 23.0 Å². The van der Waals surface area contributed by atoms with E-state index in [1.165, 1.54) is 44.9 Å². The molecule has 0 aromatic heterocycles. The Morgan fingerprint density at radius 1 is 1.00 bits per heavy atom. The van der Waals surface area contributed by atoms with Gasteiger partial charge in [-0.15, -0.1) is 0 Å². The molecule has 0 saturated heterocycles. The second kappa shape index (κ2) is 9.40. The molecule has 3 nitrogen and oxygen atoms in total. The van der Waals surface area contributed by atoms with E-state index in [2.05, 4.69) is 34.6 Å². The van der Waals surface area contributed by atoms with Gasteiger partial charge in [-0.05, 0) is 91.8 Å². The second-order valence-electron chi connectivity index (χ2n) is 13.7. The van der Waals surface area contributed by atoms with Crippen molar-refractivity contribution in [1.82, 2.24) is 0 Å². The Morgan fingerprint density at radius 2 is 1.67 bits per heavy atom. The number of hydrogen-bond acceptors (Lipinski definition) is 3. The summed E-state index contributed by atoms with van der Waals surface area (Å²) in [6.07, 6.45) is 11.5. The van der Waals surface area contributed by atoms with Gasteiger partial charge in [0.05, 0.1) is 6.10 Å². The van der Waals surface area contributed by atoms with Gasteiger partial charge >= 0.3 is 0 Å². The van der Waals surface area contributed by atoms with Crippen molar-refractivity contribution < 1.29 is 14.7 Å². The van der Waals surface area contributed by atoms with Gasteiger partial charge < -0.3 is 9.90 Å². The molecule has 0 amide bonds. The van der Waals surface area contributed by atoms with Crippen LogP contribution in [0, 0.1) is 58.2 Å². The quantitative estimate of drug-likeness (QED) is 0.454. The van der Waals surface area contributed by atoms with E-state index >= 15 is 0 Å². The third-order valence-corrected chi connectivity index (χ3v) is 11.4. The molecule has 3 heteroatoms. The molecule has 0 unspecified atom stereocenters. The van der Waals surface area contributed by atoms with Gasteiger partial charge in [-0.1, -0.05) is 53.9 Å². The van der Waals surface area contributed by atoms with Gasteiger partial charge in [-0.25, -0.2) is 0 Å². The third kappa shape index (κ3) is 4.38. The van der Waals surface area contributed by atoms with Gasteiger partial charge in [0.25, 0.3) is 0 Å². The van der Waals surface area contributed by atoms with E-state index < -0.39 is 6.10 Å². The molecule has 0 radical (unpaired) electrons. The summed E-state index contributed by atoms with van der Waals surface area (Å²) in [7, 11) is 0. The minimum atomic E-state index is -0.496. The zero-order valence-electron chi connectivity index (χ0n) is 22.2. The largest absolute Gasteiger partial charge is 0.393 e. The fraction of sp³-hybridized carbons (Fsp3) is 0.933. The molecule has 0 aliphatic heterocycles. The van der Waals surface area contributed by atoms with Crippen LogP contribution in [0.2, 0.25) is 0 Å². The van der Waals surface area contributed by atoms with Crippen molar-refractivity contribution in [3.63, 3.8) is 0 Å². The van der Waals surface area contributed by atoms with E-state index in [9.17, 15) is 14.7 Å². The molecule has 0 heterocycles. The summed E-state index contributed by atoms with van der Waals surface area (Å²) >= 11 is 0. The van der Waals surface area contributed by atoms with E-state index in [1.807, 2.05) is 0 Å². The summed E-state index contributed by atoms with van der Waals surface area (Å²) in [5, 5.41) is 10.8. The lowest BCUT2D eigenvalue weighted by atomic mass is 9.42. The average molecular weight is 459 g/mol. The molecule has 4 aliphatic rings. The molecule has 4 rings (SSSR count). The van der Waals surface area contributed by atoms with Crippen LogP contribution < -0.4 is 0 Å². The molecule has 0 spiro atoms. The highest BCUT2D eigenvalue weighted by atomic mass is 16.3. The minimum Gasteiger partial charge on any atom is -0.393 e. The molecular formula is C30H50O3. The van der Waals surface area contributed by atoms with E-state index in [1.54, 1.807) is 6.92 Å². The Balaban J connectivity index is 1.54. The predicted octanol–water partition coefficient (Wildman–Crippen LogP) is 6.85. The van der Waals surface area contributed by atoms with E-state index in [0.717, 1.165) is 30.6 Å². The number of aliphatic hydroxyl groups excluding tert-OH is 1. The fourth-order valence-electron chi connectivity index (χ4n) is 9.92. The lowest BCUT2D eigenvalue weighted by Gasteiger charge is -2.62. The van der Waals surface area contributed by atoms with Gasteiger partial charge in [-0.3, -0.25) is 4.79 Å². The van der Waals surface area contributed by atoms with Crippen molar-refractivity contribution in [1.29, 1.82) is 0 Å². The Hall–Kier alpha value is -0.700. The first-order valence-electron chi connectivity index (χ1n) is 14.2. The molecule has 33 heavy (non-hydrogen) atoms. The summed E-state index contributed by atoms with van der Waals surface area (Å²) in [6, 6.07) is 0. The monoisotopic (exact) mass is 458 g/mol. The highest BCUT2D eigenvalue weighted by Gasteiger charge is 2.64. The number of carbonyl (C=O) groups excluding carboxylic acids is 2. The van der Waals surface area contributed by atoms with Gasteiger partial charge in [0.2, 0.25) is 0 Å². The van der Waals surface area contributed by atoms with Crippen molar-refractivity contribution in [2.75, 3.05) is 0 Å². The smallest absolute Gasteiger partial charge is 0.137 e. The van der Waals surface area contributed by atoms with Gasteiger partial charge in [0, 0.05) is 24.7 Å². The number of ketones is 2. The first-order valence-corrected chi connectivity index (χ1v) is 14.2. The maximum atomic E-state index is 13.7. The number of fused-ring (bicyclic) bond motifs is 5. The molecule has 1 N–H and O–H groups in total. The molecule has 4 aliphatic carbocycles. The van der Waals surface area contributed by atoms with Gasteiger partial charge in [0.15, 0.2) is 0 Å². The Morgan fingerprint density at radius 3 is 2.33 bits per heavy atom. The Labute approximate surface area is 202 Å². The molecule has 0 aromatic rings. The highest BCUT2D eigenvalue weighted by Crippen LogP contribution is 2.68. The number of hydrogen-bond donors (Lipinski definition) is 1. The van der Waals surface area contributed by atoms with Crippen LogP contribution in [0.15, 0.2) is 0 Å². The van der Waals surface area contributed by atoms with Crippen LogP contribution in [0.3, 0.4) is 0 Å². The second-order valence-corrected chi connectivity index (χ2v) is 13.7. The van der Waals surface area contributed by atoms with Crippen LogP contribution >= 0.6 is 0 Å². The highest BCUT2D eigenvalue weighted by molar-refractivity contribution is 5.85. The van der Waals surface area contributed by atoms with E-state index in [0.29, 0.717) is 41.8 Å². The van der Waals surface area contributed by atoms with Gasteiger partial charge in [0.1, 0.15) is 11.6 Å². The zero-order chi connectivity index (χ0) is 24.1. The molecule has 4 saturated carbocycles. The topological polar surface area (TPSA) is 54.4 Å². The molecule has 0 aromatic carbocycles. The normalized spacial score (nSPS) is 45.9. The summed E-state index contributed by atoms with van der Waals surface area (Å²) in [4.78, 5) is 25.7. The Bertz CT molecular complexity index is 743. The molecule has 188 valence electrons. The molecule has 10 atom stereocenters. The van der Waals surface area contributed by atoms with E-state index in [4.69, 9.17) is 0 Å². The maximum Gasteiger partial charge on any atom is 0.137 e. The van der Waals surface area contributed by atoms with Crippen molar-refractivity contribution in [3.8, 4) is 0 Å². The van der Waals surface area contributed by atoms with Crippen LogP contribution in [0.1, 0.15) is 112 Å². The summed E-state index contributed by atoms with van der Waals surface area (Å²) in [5.41, 5.74) is 0.344. The number of rotatable bonds is 7. The lowest BCUT2D eigenvalue weighted by molar-refractivity contribution is -0.172. The summed E-state index contributed by atoms with van der Waals surface area (Å²) in [6.45, 7) is 13.7. The van der Waals surface area contributed by atoms with Crippen molar-refractivity contribution in [2.45, 2.75) is 118 Å². The molecular weight excluding hydrogens is 408 g/mol. The Kier molecular flexibility index (Phi) is 7.23. The van der Waals surface area contributed by atoms with Crippen LogP contribution in [-0.4, -0.2) is 22.8 Å². The molecule has 0 bridgehead atoms. The standard InChI is InChI=1S/C30H50O3/c1-18(2)8-7-9-19(3)23-10-11-24-21-17-27(33)28-22(16-20(4)31)26(32)13-15-30(28,6)25(21)12-14-29(23,24)5/h18-19,21-26,28,32H,7-17H2,1-6H3/t19-,21+,22+,23-,24+,25+,26+,28+,29-,30-/m1/s1. The number of aliphatic hydroxyl groups is 1. The zero-order valence-corrected chi connectivity index (χ0v) is 22.2. The minimum absolute atomic E-state index is 0.0400. The van der Waals surface area contributed by atoms with Gasteiger partial charge in [-0.2, -0.15) is 0 Å². The van der Waals surface area contributed by atoms with Crippen LogP contribution in [-0.2, 0) is 9.59 Å². The van der Waals surface area contributed by atoms with Crippen molar-refractivity contribution >= 4 is 11.6 Å². The van der Waals surface area contributed by atoms with Crippen LogP contribution in [0.5, 0.6) is 0 Å². The third-order valence-electron chi connectivity index (χ3n) is 11.4.